The van der Waals surface area contributed by atoms with Gasteiger partial charge in [-0.3, -0.25) is 0 Å². The van der Waals surface area contributed by atoms with Crippen molar-refractivity contribution < 1.29 is 4.74 Å². The van der Waals surface area contributed by atoms with Crippen LogP contribution in [-0.4, -0.2) is 6.04 Å². The van der Waals surface area contributed by atoms with E-state index in [1.807, 2.05) is 30.3 Å². The second kappa shape index (κ2) is 7.43. The van der Waals surface area contributed by atoms with Crippen molar-refractivity contribution in [3.8, 4) is 11.5 Å². The maximum absolute atomic E-state index is 6.09. The quantitative estimate of drug-likeness (QED) is 0.694. The Morgan fingerprint density at radius 3 is 2.48 bits per heavy atom. The summed E-state index contributed by atoms with van der Waals surface area (Å²) in [5.74, 6) is 1.67. The third-order valence-corrected chi connectivity index (χ3v) is 4.45. The Morgan fingerprint density at radius 2 is 1.81 bits per heavy atom. The van der Waals surface area contributed by atoms with E-state index in [0.29, 0.717) is 0 Å². The zero-order chi connectivity index (χ0) is 15.4. The van der Waals surface area contributed by atoms with Gasteiger partial charge in [-0.2, -0.15) is 0 Å². The summed E-state index contributed by atoms with van der Waals surface area (Å²) in [6, 6.07) is 12.2. The SMILES string of the molecule is CCC(N)Cc1cc(Br)ccc1Oc1ccc(C)cc1Br. The van der Waals surface area contributed by atoms with Gasteiger partial charge in [0.05, 0.1) is 4.47 Å². The average Bonchev–Trinajstić information content (AvgIpc) is 2.44. The van der Waals surface area contributed by atoms with Crippen LogP contribution in [0.3, 0.4) is 0 Å². The normalized spacial score (nSPS) is 12.2. The van der Waals surface area contributed by atoms with Crippen LogP contribution >= 0.6 is 31.9 Å². The minimum Gasteiger partial charge on any atom is -0.456 e. The van der Waals surface area contributed by atoms with E-state index >= 15 is 0 Å². The smallest absolute Gasteiger partial charge is 0.141 e. The molecule has 0 aliphatic heterocycles. The summed E-state index contributed by atoms with van der Waals surface area (Å²) < 4.78 is 8.07. The molecule has 21 heavy (non-hydrogen) atoms. The molecule has 2 N–H and O–H groups in total. The summed E-state index contributed by atoms with van der Waals surface area (Å²) in [6.45, 7) is 4.15. The van der Waals surface area contributed by atoms with E-state index in [0.717, 1.165) is 38.8 Å². The van der Waals surface area contributed by atoms with Gasteiger partial charge in [-0.25, -0.2) is 0 Å². The highest BCUT2D eigenvalue weighted by Gasteiger charge is 2.11. The first-order valence-corrected chi connectivity index (χ1v) is 8.56. The van der Waals surface area contributed by atoms with Gasteiger partial charge in [0.25, 0.3) is 0 Å². The van der Waals surface area contributed by atoms with Crippen LogP contribution in [0.4, 0.5) is 0 Å². The Bertz CT molecular complexity index is 628. The average molecular weight is 413 g/mol. The molecule has 0 heterocycles. The van der Waals surface area contributed by atoms with Crippen LogP contribution in [0.5, 0.6) is 11.5 Å². The van der Waals surface area contributed by atoms with Crippen molar-refractivity contribution in [1.29, 1.82) is 0 Å². The maximum Gasteiger partial charge on any atom is 0.141 e. The molecule has 2 rings (SSSR count). The van der Waals surface area contributed by atoms with Gasteiger partial charge in [-0.05, 0) is 77.2 Å². The molecule has 4 heteroatoms. The number of halogens is 2. The second-order valence-corrected chi connectivity index (χ2v) is 6.93. The van der Waals surface area contributed by atoms with Gasteiger partial charge in [-0.1, -0.05) is 28.9 Å². The number of nitrogens with two attached hydrogens (primary N) is 1. The minimum absolute atomic E-state index is 0.142. The second-order valence-electron chi connectivity index (χ2n) is 5.16. The summed E-state index contributed by atoms with van der Waals surface area (Å²) in [7, 11) is 0. The van der Waals surface area contributed by atoms with E-state index in [1.165, 1.54) is 5.56 Å². The lowest BCUT2D eigenvalue weighted by molar-refractivity contribution is 0.469. The molecule has 0 fully saturated rings. The predicted octanol–water partition coefficient (Wildman–Crippen LogP) is 5.59. The fourth-order valence-electron chi connectivity index (χ4n) is 2.04. The molecule has 1 atom stereocenters. The summed E-state index contributed by atoms with van der Waals surface area (Å²) in [5, 5.41) is 0. The number of hydrogen-bond acceptors (Lipinski definition) is 2. The molecule has 0 spiro atoms. The molecule has 1 unspecified atom stereocenters. The highest BCUT2D eigenvalue weighted by molar-refractivity contribution is 9.10. The van der Waals surface area contributed by atoms with Crippen molar-refractivity contribution >= 4 is 31.9 Å². The third kappa shape index (κ3) is 4.56. The molecule has 0 amide bonds. The molecule has 0 aliphatic rings. The first-order chi connectivity index (χ1) is 9.99. The molecule has 0 bridgehead atoms. The molecule has 0 aliphatic carbocycles. The highest BCUT2D eigenvalue weighted by Crippen LogP contribution is 2.33. The molecular weight excluding hydrogens is 394 g/mol. The van der Waals surface area contributed by atoms with Crippen LogP contribution in [0, 0.1) is 6.92 Å². The van der Waals surface area contributed by atoms with E-state index in [2.05, 4.69) is 51.8 Å². The van der Waals surface area contributed by atoms with Gasteiger partial charge in [0.15, 0.2) is 0 Å². The van der Waals surface area contributed by atoms with Crippen molar-refractivity contribution in [2.45, 2.75) is 32.7 Å². The van der Waals surface area contributed by atoms with Gasteiger partial charge in [0, 0.05) is 10.5 Å². The van der Waals surface area contributed by atoms with Gasteiger partial charge in [0.2, 0.25) is 0 Å². The summed E-state index contributed by atoms with van der Waals surface area (Å²) in [4.78, 5) is 0. The Hall–Kier alpha value is -0.840. The fraction of sp³-hybridized carbons (Fsp3) is 0.294. The molecule has 0 aromatic heterocycles. The van der Waals surface area contributed by atoms with Crippen molar-refractivity contribution in [2.24, 2.45) is 5.73 Å². The Kier molecular flexibility index (Phi) is 5.85. The van der Waals surface area contributed by atoms with Crippen LogP contribution in [0.1, 0.15) is 24.5 Å². The zero-order valence-electron chi connectivity index (χ0n) is 12.2. The summed E-state index contributed by atoms with van der Waals surface area (Å²) in [6.07, 6.45) is 1.74. The Labute approximate surface area is 143 Å². The molecule has 0 radical (unpaired) electrons. The molecular formula is C17H19Br2NO. The number of rotatable bonds is 5. The summed E-state index contributed by atoms with van der Waals surface area (Å²) in [5.41, 5.74) is 8.40. The van der Waals surface area contributed by atoms with Crippen LogP contribution in [0.15, 0.2) is 45.3 Å². The largest absolute Gasteiger partial charge is 0.456 e. The van der Waals surface area contributed by atoms with Crippen molar-refractivity contribution in [3.05, 3.63) is 56.5 Å². The van der Waals surface area contributed by atoms with Crippen LogP contribution in [-0.2, 0) is 6.42 Å². The van der Waals surface area contributed by atoms with Crippen molar-refractivity contribution in [3.63, 3.8) is 0 Å². The first kappa shape index (κ1) is 16.5. The highest BCUT2D eigenvalue weighted by atomic mass is 79.9. The van der Waals surface area contributed by atoms with Crippen LogP contribution in [0.25, 0.3) is 0 Å². The lowest BCUT2D eigenvalue weighted by atomic mass is 10.0. The van der Waals surface area contributed by atoms with E-state index in [9.17, 15) is 0 Å². The monoisotopic (exact) mass is 411 g/mol. The predicted molar refractivity (Wildman–Crippen MR) is 95.1 cm³/mol. The first-order valence-electron chi connectivity index (χ1n) is 6.97. The molecule has 2 aromatic rings. The topological polar surface area (TPSA) is 35.2 Å². The lowest BCUT2D eigenvalue weighted by Crippen LogP contribution is -2.21. The van der Waals surface area contributed by atoms with E-state index in [1.54, 1.807) is 0 Å². The number of aryl methyl sites for hydroxylation is 1. The number of hydrogen-bond donors (Lipinski definition) is 1. The summed E-state index contributed by atoms with van der Waals surface area (Å²) >= 11 is 7.06. The Balaban J connectivity index is 2.30. The van der Waals surface area contributed by atoms with Gasteiger partial charge in [0.1, 0.15) is 11.5 Å². The van der Waals surface area contributed by atoms with E-state index in [4.69, 9.17) is 10.5 Å². The van der Waals surface area contributed by atoms with Crippen molar-refractivity contribution in [2.75, 3.05) is 0 Å². The van der Waals surface area contributed by atoms with Crippen LogP contribution < -0.4 is 10.5 Å². The number of benzene rings is 2. The molecule has 0 saturated heterocycles. The fourth-order valence-corrected chi connectivity index (χ4v) is 3.02. The standard InChI is InChI=1S/C17H19Br2NO/c1-3-14(20)10-12-9-13(18)5-7-16(12)21-17-6-4-11(2)8-15(17)19/h4-9,14H,3,10,20H2,1-2H3. The van der Waals surface area contributed by atoms with Gasteiger partial charge < -0.3 is 10.5 Å². The third-order valence-electron chi connectivity index (χ3n) is 3.34. The van der Waals surface area contributed by atoms with Crippen LogP contribution in [0.2, 0.25) is 0 Å². The molecule has 112 valence electrons. The number of ether oxygens (including phenoxy) is 1. The maximum atomic E-state index is 6.09. The molecule has 2 nitrogen and oxygen atoms in total. The van der Waals surface area contributed by atoms with Gasteiger partial charge >= 0.3 is 0 Å². The van der Waals surface area contributed by atoms with Gasteiger partial charge in [-0.15, -0.1) is 0 Å². The minimum atomic E-state index is 0.142. The van der Waals surface area contributed by atoms with Crippen molar-refractivity contribution in [1.82, 2.24) is 0 Å². The van der Waals surface area contributed by atoms with E-state index in [-0.39, 0.29) is 6.04 Å². The van der Waals surface area contributed by atoms with E-state index < -0.39 is 0 Å². The zero-order valence-corrected chi connectivity index (χ0v) is 15.4. The Morgan fingerprint density at radius 1 is 1.10 bits per heavy atom. The molecule has 0 saturated carbocycles. The lowest BCUT2D eigenvalue weighted by Gasteiger charge is -2.15. The molecule has 2 aromatic carbocycles.